The van der Waals surface area contributed by atoms with Gasteiger partial charge in [-0.05, 0) is 25.1 Å². The zero-order chi connectivity index (χ0) is 20.2. The average Bonchev–Trinajstić information content (AvgIpc) is 2.65. The van der Waals surface area contributed by atoms with Crippen molar-refractivity contribution in [3.63, 3.8) is 0 Å². The zero-order valence-electron chi connectivity index (χ0n) is 15.0. The van der Waals surface area contributed by atoms with E-state index in [-0.39, 0.29) is 28.4 Å². The van der Waals surface area contributed by atoms with Crippen LogP contribution >= 0.6 is 0 Å². The van der Waals surface area contributed by atoms with Gasteiger partial charge in [0.1, 0.15) is 5.75 Å². The molecule has 0 atom stereocenters. The van der Waals surface area contributed by atoms with Crippen molar-refractivity contribution in [1.82, 2.24) is 14.7 Å². The maximum Gasteiger partial charge on any atom is 0.271 e. The van der Waals surface area contributed by atoms with Gasteiger partial charge in [-0.1, -0.05) is 6.07 Å². The Morgan fingerprint density at radius 1 is 1.37 bits per heavy atom. The van der Waals surface area contributed by atoms with Crippen LogP contribution in [0.25, 0.3) is 0 Å². The molecule has 0 saturated heterocycles. The van der Waals surface area contributed by atoms with Crippen LogP contribution in [0.5, 0.6) is 5.75 Å². The molecule has 10 heteroatoms. The number of nitrogens with one attached hydrogen (secondary N) is 1. The van der Waals surface area contributed by atoms with Crippen molar-refractivity contribution in [2.75, 3.05) is 14.1 Å². The number of aromatic hydroxyl groups is 1. The third kappa shape index (κ3) is 4.48. The van der Waals surface area contributed by atoms with Gasteiger partial charge in [-0.2, -0.15) is 5.10 Å². The van der Waals surface area contributed by atoms with Gasteiger partial charge in [-0.3, -0.25) is 9.78 Å². The van der Waals surface area contributed by atoms with Crippen LogP contribution in [0.15, 0.2) is 40.5 Å². The van der Waals surface area contributed by atoms with Gasteiger partial charge in [-0.25, -0.2) is 18.1 Å². The van der Waals surface area contributed by atoms with Crippen LogP contribution in [0, 0.1) is 6.92 Å². The SMILES string of the molecule is Cc1ncc(CO)c(/C=N/NC(=O)c2cccc(S(=O)(=O)N(C)C)c2)c1O. The van der Waals surface area contributed by atoms with Gasteiger partial charge < -0.3 is 10.2 Å². The highest BCUT2D eigenvalue weighted by atomic mass is 32.2. The molecule has 144 valence electrons. The van der Waals surface area contributed by atoms with E-state index >= 15 is 0 Å². The molecule has 0 unspecified atom stereocenters. The number of benzene rings is 1. The number of pyridine rings is 1. The third-order valence-corrected chi connectivity index (χ3v) is 5.57. The van der Waals surface area contributed by atoms with Crippen molar-refractivity contribution < 1.29 is 23.4 Å². The quantitative estimate of drug-likeness (QED) is 0.487. The lowest BCUT2D eigenvalue weighted by atomic mass is 10.1. The van der Waals surface area contributed by atoms with E-state index in [0.29, 0.717) is 11.3 Å². The van der Waals surface area contributed by atoms with Crippen molar-refractivity contribution >= 4 is 22.1 Å². The molecule has 0 fully saturated rings. The largest absolute Gasteiger partial charge is 0.505 e. The molecule has 2 aromatic rings. The van der Waals surface area contributed by atoms with Crippen LogP contribution in [0.1, 0.15) is 27.2 Å². The van der Waals surface area contributed by atoms with Gasteiger partial charge in [0.15, 0.2) is 0 Å². The lowest BCUT2D eigenvalue weighted by Crippen LogP contribution is -2.23. The number of hydrogen-bond donors (Lipinski definition) is 3. The lowest BCUT2D eigenvalue weighted by Gasteiger charge is -2.11. The summed E-state index contributed by atoms with van der Waals surface area (Å²) in [7, 11) is -0.874. The highest BCUT2D eigenvalue weighted by molar-refractivity contribution is 7.89. The number of nitrogens with zero attached hydrogens (tertiary/aromatic N) is 3. The van der Waals surface area contributed by atoms with E-state index in [2.05, 4.69) is 15.5 Å². The summed E-state index contributed by atoms with van der Waals surface area (Å²) >= 11 is 0. The van der Waals surface area contributed by atoms with Crippen LogP contribution in [0.3, 0.4) is 0 Å². The minimum atomic E-state index is -3.67. The molecule has 9 nitrogen and oxygen atoms in total. The Kier molecular flexibility index (Phi) is 6.26. The van der Waals surface area contributed by atoms with Gasteiger partial charge in [0.25, 0.3) is 5.91 Å². The molecule has 1 aromatic carbocycles. The van der Waals surface area contributed by atoms with Crippen molar-refractivity contribution in [1.29, 1.82) is 0 Å². The first kappa shape index (κ1) is 20.5. The van der Waals surface area contributed by atoms with E-state index in [1.54, 1.807) is 6.92 Å². The second-order valence-electron chi connectivity index (χ2n) is 5.80. The molecule has 0 radical (unpaired) electrons. The van der Waals surface area contributed by atoms with Gasteiger partial charge in [0.05, 0.1) is 23.4 Å². The van der Waals surface area contributed by atoms with Crippen molar-refractivity contribution in [3.05, 3.63) is 52.8 Å². The summed E-state index contributed by atoms with van der Waals surface area (Å²) in [6.07, 6.45) is 2.59. The minimum Gasteiger partial charge on any atom is -0.505 e. The fraction of sp³-hybridized carbons (Fsp3) is 0.235. The van der Waals surface area contributed by atoms with Gasteiger partial charge in [0, 0.05) is 37.0 Å². The summed E-state index contributed by atoms with van der Waals surface area (Å²) in [4.78, 5) is 16.1. The second kappa shape index (κ2) is 8.25. The summed E-state index contributed by atoms with van der Waals surface area (Å²) < 4.78 is 25.4. The highest BCUT2D eigenvalue weighted by Crippen LogP contribution is 2.21. The molecule has 0 bridgehead atoms. The molecule has 2 rings (SSSR count). The molecule has 0 saturated carbocycles. The van der Waals surface area contributed by atoms with Crippen LogP contribution in [-0.4, -0.2) is 54.1 Å². The van der Waals surface area contributed by atoms with E-state index in [4.69, 9.17) is 0 Å². The predicted octanol–water partition coefficient (Wildman–Crippen LogP) is 0.602. The van der Waals surface area contributed by atoms with Crippen LogP contribution < -0.4 is 5.43 Å². The van der Waals surface area contributed by atoms with Gasteiger partial charge >= 0.3 is 0 Å². The topological polar surface area (TPSA) is 132 Å². The third-order valence-electron chi connectivity index (χ3n) is 3.76. The number of aliphatic hydroxyl groups excluding tert-OH is 1. The van der Waals surface area contributed by atoms with E-state index in [9.17, 15) is 23.4 Å². The van der Waals surface area contributed by atoms with E-state index in [1.165, 1.54) is 50.8 Å². The summed E-state index contributed by atoms with van der Waals surface area (Å²) in [6, 6.07) is 5.54. The number of carbonyl (C=O) groups is 1. The average molecular weight is 392 g/mol. The predicted molar refractivity (Wildman–Crippen MR) is 98.9 cm³/mol. The number of carbonyl (C=O) groups excluding carboxylic acids is 1. The first-order valence-electron chi connectivity index (χ1n) is 7.82. The number of aromatic nitrogens is 1. The van der Waals surface area contributed by atoms with Crippen LogP contribution in [0.4, 0.5) is 0 Å². The van der Waals surface area contributed by atoms with Crippen molar-refractivity contribution in [2.24, 2.45) is 5.10 Å². The Morgan fingerprint density at radius 2 is 2.07 bits per heavy atom. The van der Waals surface area contributed by atoms with Gasteiger partial charge in [-0.15, -0.1) is 0 Å². The molecule has 0 aliphatic rings. The van der Waals surface area contributed by atoms with E-state index in [1.807, 2.05) is 0 Å². The van der Waals surface area contributed by atoms with Crippen molar-refractivity contribution in [3.8, 4) is 5.75 Å². The number of rotatable bonds is 6. The number of hydrogen-bond acceptors (Lipinski definition) is 7. The normalized spacial score (nSPS) is 11.9. The smallest absolute Gasteiger partial charge is 0.271 e. The minimum absolute atomic E-state index is 0.0194. The lowest BCUT2D eigenvalue weighted by molar-refractivity contribution is 0.0955. The summed E-state index contributed by atoms with van der Waals surface area (Å²) in [5, 5.41) is 23.1. The molecule has 1 aromatic heterocycles. The molecular weight excluding hydrogens is 372 g/mol. The number of sulfonamides is 1. The first-order chi connectivity index (χ1) is 12.7. The van der Waals surface area contributed by atoms with Gasteiger partial charge in [0.2, 0.25) is 10.0 Å². The van der Waals surface area contributed by atoms with E-state index in [0.717, 1.165) is 4.31 Å². The summed E-state index contributed by atoms with van der Waals surface area (Å²) in [6.45, 7) is 1.23. The Bertz CT molecular complexity index is 987. The maximum atomic E-state index is 12.2. The zero-order valence-corrected chi connectivity index (χ0v) is 15.9. The fourth-order valence-electron chi connectivity index (χ4n) is 2.15. The molecule has 0 aliphatic heterocycles. The highest BCUT2D eigenvalue weighted by Gasteiger charge is 2.18. The molecule has 0 spiro atoms. The summed E-state index contributed by atoms with van der Waals surface area (Å²) in [5.41, 5.74) is 3.29. The monoisotopic (exact) mass is 392 g/mol. The van der Waals surface area contributed by atoms with E-state index < -0.39 is 15.9 Å². The fourth-order valence-corrected chi connectivity index (χ4v) is 3.10. The Morgan fingerprint density at radius 3 is 2.70 bits per heavy atom. The molecule has 0 aliphatic carbocycles. The molecule has 27 heavy (non-hydrogen) atoms. The molecule has 1 heterocycles. The Balaban J connectivity index is 2.23. The number of amides is 1. The second-order valence-corrected chi connectivity index (χ2v) is 7.96. The Hall–Kier alpha value is -2.82. The Labute approximate surface area is 157 Å². The number of aliphatic hydroxyl groups is 1. The standard InChI is InChI=1S/C17H20N4O5S/c1-11-16(23)15(13(10-22)8-18-11)9-19-20-17(24)12-5-4-6-14(7-12)27(25,26)21(2)3/h4-9,22-23H,10H2,1-3H3,(H,20,24)/b19-9+. The maximum absolute atomic E-state index is 12.2. The summed E-state index contributed by atoms with van der Waals surface area (Å²) in [5.74, 6) is -0.781. The van der Waals surface area contributed by atoms with Crippen molar-refractivity contribution in [2.45, 2.75) is 18.4 Å². The van der Waals surface area contributed by atoms with Crippen LogP contribution in [-0.2, 0) is 16.6 Å². The molecule has 3 N–H and O–H groups in total. The number of aryl methyl sites for hydroxylation is 1. The molecule has 1 amide bonds. The first-order valence-corrected chi connectivity index (χ1v) is 9.26. The number of hydrazone groups is 1. The molecular formula is C17H20N4O5S. The van der Waals surface area contributed by atoms with Crippen LogP contribution in [0.2, 0.25) is 0 Å².